The van der Waals surface area contributed by atoms with E-state index >= 15 is 0 Å². The molecule has 24 heavy (non-hydrogen) atoms. The molecule has 3 aliphatic heterocycles. The lowest BCUT2D eigenvalue weighted by Gasteiger charge is -2.42. The summed E-state index contributed by atoms with van der Waals surface area (Å²) in [6, 6.07) is 0. The van der Waals surface area contributed by atoms with E-state index in [0.717, 1.165) is 45.4 Å². The lowest BCUT2D eigenvalue weighted by molar-refractivity contribution is -0.139. The molecule has 0 bridgehead atoms. The Morgan fingerprint density at radius 1 is 1.33 bits per heavy atom. The predicted molar refractivity (Wildman–Crippen MR) is 89.4 cm³/mol. The van der Waals surface area contributed by atoms with E-state index in [2.05, 4.69) is 0 Å². The number of hydrogen-bond donors (Lipinski definition) is 0. The van der Waals surface area contributed by atoms with Crippen molar-refractivity contribution in [3.8, 4) is 0 Å². The highest BCUT2D eigenvalue weighted by Crippen LogP contribution is 2.45. The average Bonchev–Trinajstić information content (AvgIpc) is 3.21. The fourth-order valence-corrected chi connectivity index (χ4v) is 4.47. The number of hydrogen-bond acceptors (Lipinski definition) is 4. The first-order valence-corrected chi connectivity index (χ1v) is 9.34. The van der Waals surface area contributed by atoms with Gasteiger partial charge in [0.2, 0.25) is 11.8 Å². The molecule has 2 unspecified atom stereocenters. The smallest absolute Gasteiger partial charge is 0.228 e. The first kappa shape index (κ1) is 17.7. The van der Waals surface area contributed by atoms with E-state index in [1.165, 1.54) is 0 Å². The fourth-order valence-electron chi connectivity index (χ4n) is 4.47. The van der Waals surface area contributed by atoms with Crippen LogP contribution in [0.15, 0.2) is 0 Å². The molecule has 3 saturated heterocycles. The van der Waals surface area contributed by atoms with Crippen LogP contribution in [-0.2, 0) is 19.1 Å². The molecule has 2 amide bonds. The minimum atomic E-state index is -0.0514. The first-order chi connectivity index (χ1) is 11.6. The van der Waals surface area contributed by atoms with Crippen LogP contribution in [0.1, 0.15) is 33.1 Å². The number of nitrogens with zero attached hydrogens (tertiary/aromatic N) is 2. The molecule has 2 atom stereocenters. The maximum absolute atomic E-state index is 12.7. The molecule has 0 aromatic heterocycles. The van der Waals surface area contributed by atoms with E-state index in [1.807, 2.05) is 23.6 Å². The van der Waals surface area contributed by atoms with E-state index in [9.17, 15) is 9.59 Å². The van der Waals surface area contributed by atoms with Gasteiger partial charge in [0.25, 0.3) is 0 Å². The molecule has 3 aliphatic rings. The standard InChI is InChI=1S/C18H30N2O4/c1-3-19-13-18(15(17(19)22)12-23-4-2)6-8-20(9-7-18)16(21)14-5-10-24-11-14/h14-15H,3-13H2,1-2H3. The summed E-state index contributed by atoms with van der Waals surface area (Å²) in [5, 5.41) is 0. The van der Waals surface area contributed by atoms with Crippen LogP contribution in [-0.4, -0.2) is 74.2 Å². The van der Waals surface area contributed by atoms with Gasteiger partial charge in [-0.1, -0.05) is 0 Å². The zero-order valence-electron chi connectivity index (χ0n) is 15.0. The number of carbonyl (C=O) groups excluding carboxylic acids is 2. The summed E-state index contributed by atoms with van der Waals surface area (Å²) in [6.07, 6.45) is 2.63. The Kier molecular flexibility index (Phi) is 5.45. The Labute approximate surface area is 144 Å². The molecule has 6 heteroatoms. The highest BCUT2D eigenvalue weighted by Gasteiger charge is 2.53. The van der Waals surface area contributed by atoms with Gasteiger partial charge in [-0.05, 0) is 33.1 Å². The second kappa shape index (κ2) is 7.40. The zero-order valence-corrected chi connectivity index (χ0v) is 15.0. The van der Waals surface area contributed by atoms with Crippen LogP contribution >= 0.6 is 0 Å². The van der Waals surface area contributed by atoms with Crippen molar-refractivity contribution >= 4 is 11.8 Å². The SMILES string of the molecule is CCOCC1C(=O)N(CC)CC12CCN(C(=O)C1CCOC1)CC2. The van der Waals surface area contributed by atoms with Crippen molar-refractivity contribution in [2.24, 2.45) is 17.3 Å². The van der Waals surface area contributed by atoms with Crippen molar-refractivity contribution in [1.29, 1.82) is 0 Å². The van der Waals surface area contributed by atoms with Gasteiger partial charge in [-0.25, -0.2) is 0 Å². The summed E-state index contributed by atoms with van der Waals surface area (Å²) >= 11 is 0. The van der Waals surface area contributed by atoms with Gasteiger partial charge < -0.3 is 19.3 Å². The topological polar surface area (TPSA) is 59.1 Å². The van der Waals surface area contributed by atoms with Crippen molar-refractivity contribution in [1.82, 2.24) is 9.80 Å². The largest absolute Gasteiger partial charge is 0.381 e. The molecule has 136 valence electrons. The Bertz CT molecular complexity index is 468. The van der Waals surface area contributed by atoms with E-state index in [4.69, 9.17) is 9.47 Å². The van der Waals surface area contributed by atoms with Crippen molar-refractivity contribution in [3.05, 3.63) is 0 Å². The van der Waals surface area contributed by atoms with Gasteiger partial charge in [0, 0.05) is 44.8 Å². The minimum absolute atomic E-state index is 0.0226. The second-order valence-electron chi connectivity index (χ2n) is 7.31. The average molecular weight is 338 g/mol. The third-order valence-corrected chi connectivity index (χ3v) is 6.07. The van der Waals surface area contributed by atoms with Crippen molar-refractivity contribution < 1.29 is 19.1 Å². The van der Waals surface area contributed by atoms with Crippen LogP contribution in [0.5, 0.6) is 0 Å². The molecule has 0 radical (unpaired) electrons. The number of ether oxygens (including phenoxy) is 2. The van der Waals surface area contributed by atoms with Crippen LogP contribution in [0.2, 0.25) is 0 Å². The van der Waals surface area contributed by atoms with E-state index in [0.29, 0.717) is 26.4 Å². The van der Waals surface area contributed by atoms with Gasteiger partial charge in [0.15, 0.2) is 0 Å². The monoisotopic (exact) mass is 338 g/mol. The maximum atomic E-state index is 12.7. The summed E-state index contributed by atoms with van der Waals surface area (Å²) < 4.78 is 11.0. The number of likely N-dealkylation sites (tertiary alicyclic amines) is 2. The van der Waals surface area contributed by atoms with Gasteiger partial charge in [-0.3, -0.25) is 9.59 Å². The number of rotatable bonds is 5. The van der Waals surface area contributed by atoms with Gasteiger partial charge in [0.1, 0.15) is 0 Å². The molecule has 0 aromatic rings. The Morgan fingerprint density at radius 2 is 2.08 bits per heavy atom. The molecule has 0 aromatic carbocycles. The molecule has 3 rings (SSSR count). The van der Waals surface area contributed by atoms with Crippen LogP contribution in [0.4, 0.5) is 0 Å². The van der Waals surface area contributed by atoms with Crippen LogP contribution in [0.3, 0.4) is 0 Å². The Morgan fingerprint density at radius 3 is 2.67 bits per heavy atom. The molecule has 3 heterocycles. The molecule has 3 fully saturated rings. The highest BCUT2D eigenvalue weighted by atomic mass is 16.5. The first-order valence-electron chi connectivity index (χ1n) is 9.34. The normalized spacial score (nSPS) is 29.7. The summed E-state index contributed by atoms with van der Waals surface area (Å²) in [6.45, 7) is 9.49. The summed E-state index contributed by atoms with van der Waals surface area (Å²) in [7, 11) is 0. The summed E-state index contributed by atoms with van der Waals surface area (Å²) in [4.78, 5) is 29.2. The maximum Gasteiger partial charge on any atom is 0.228 e. The van der Waals surface area contributed by atoms with Gasteiger partial charge in [-0.15, -0.1) is 0 Å². The van der Waals surface area contributed by atoms with E-state index in [-0.39, 0.29) is 29.1 Å². The molecule has 0 saturated carbocycles. The van der Waals surface area contributed by atoms with Crippen molar-refractivity contribution in [3.63, 3.8) is 0 Å². The van der Waals surface area contributed by atoms with E-state index < -0.39 is 0 Å². The van der Waals surface area contributed by atoms with Crippen LogP contribution in [0.25, 0.3) is 0 Å². The van der Waals surface area contributed by atoms with Gasteiger partial charge in [0.05, 0.1) is 25.0 Å². The molecule has 0 aliphatic carbocycles. The summed E-state index contributed by atoms with van der Waals surface area (Å²) in [5.41, 5.74) is -0.0226. The van der Waals surface area contributed by atoms with Gasteiger partial charge >= 0.3 is 0 Å². The highest BCUT2D eigenvalue weighted by molar-refractivity contribution is 5.83. The van der Waals surface area contributed by atoms with Gasteiger partial charge in [-0.2, -0.15) is 0 Å². The molecular weight excluding hydrogens is 308 g/mol. The fraction of sp³-hybridized carbons (Fsp3) is 0.889. The molecule has 0 N–H and O–H groups in total. The third kappa shape index (κ3) is 3.18. The van der Waals surface area contributed by atoms with Crippen molar-refractivity contribution in [2.75, 3.05) is 52.6 Å². The molecule has 6 nitrogen and oxygen atoms in total. The number of carbonyl (C=O) groups is 2. The number of amides is 2. The van der Waals surface area contributed by atoms with E-state index in [1.54, 1.807) is 0 Å². The van der Waals surface area contributed by atoms with Crippen molar-refractivity contribution in [2.45, 2.75) is 33.1 Å². The Hall–Kier alpha value is -1.14. The lowest BCUT2D eigenvalue weighted by Crippen LogP contribution is -2.49. The third-order valence-electron chi connectivity index (χ3n) is 6.07. The zero-order chi connectivity index (χ0) is 17.2. The quantitative estimate of drug-likeness (QED) is 0.754. The lowest BCUT2D eigenvalue weighted by atomic mass is 9.70. The van der Waals surface area contributed by atoms with Crippen LogP contribution in [0, 0.1) is 17.3 Å². The molecular formula is C18H30N2O4. The predicted octanol–water partition coefficient (Wildman–Crippen LogP) is 1.15. The minimum Gasteiger partial charge on any atom is -0.381 e. The molecule has 1 spiro atoms. The summed E-state index contributed by atoms with van der Waals surface area (Å²) in [5.74, 6) is 0.454. The second-order valence-corrected chi connectivity index (χ2v) is 7.31. The Balaban J connectivity index is 1.65. The number of piperidine rings is 1. The van der Waals surface area contributed by atoms with Crippen LogP contribution < -0.4 is 0 Å².